The summed E-state index contributed by atoms with van der Waals surface area (Å²) in [6, 6.07) is 3.75. The number of ether oxygens (including phenoxy) is 1. The van der Waals surface area contributed by atoms with E-state index in [0.717, 1.165) is 12.2 Å². The molecule has 0 radical (unpaired) electrons. The second kappa shape index (κ2) is 6.54. The molecule has 0 fully saturated rings. The highest BCUT2D eigenvalue weighted by atomic mass is 16.5. The maximum atomic E-state index is 5.93. The predicted molar refractivity (Wildman–Crippen MR) is 90.8 cm³/mol. The first-order valence-corrected chi connectivity index (χ1v) is 7.66. The number of nitrogens with two attached hydrogens (primary N) is 1. The monoisotopic (exact) mass is 293 g/mol. The molecule has 0 atom stereocenters. The van der Waals surface area contributed by atoms with Gasteiger partial charge in [0, 0.05) is 5.54 Å². The lowest BCUT2D eigenvalue weighted by atomic mass is 9.82. The van der Waals surface area contributed by atoms with Gasteiger partial charge in [-0.3, -0.25) is 0 Å². The molecule has 4 nitrogen and oxygen atoms in total. The van der Waals surface area contributed by atoms with E-state index in [0.29, 0.717) is 24.1 Å². The van der Waals surface area contributed by atoms with Crippen molar-refractivity contribution >= 4 is 11.5 Å². The number of nitrogen functional groups attached to an aromatic ring is 1. The second-order valence-corrected chi connectivity index (χ2v) is 8.04. The van der Waals surface area contributed by atoms with Crippen LogP contribution in [-0.2, 0) is 0 Å². The van der Waals surface area contributed by atoms with Gasteiger partial charge in [-0.05, 0) is 43.7 Å². The second-order valence-electron chi connectivity index (χ2n) is 8.04. The van der Waals surface area contributed by atoms with Crippen molar-refractivity contribution in [3.05, 3.63) is 12.1 Å². The molecule has 0 aliphatic rings. The van der Waals surface area contributed by atoms with Crippen LogP contribution in [0.5, 0.6) is 5.88 Å². The summed E-state index contributed by atoms with van der Waals surface area (Å²) in [5.74, 6) is 1.76. The van der Waals surface area contributed by atoms with Crippen LogP contribution in [0, 0.1) is 11.3 Å². The number of aromatic nitrogens is 1. The van der Waals surface area contributed by atoms with E-state index in [1.54, 1.807) is 0 Å². The molecule has 1 aromatic heterocycles. The quantitative estimate of drug-likeness (QED) is 0.819. The van der Waals surface area contributed by atoms with Gasteiger partial charge in [0.1, 0.15) is 5.82 Å². The van der Waals surface area contributed by atoms with E-state index < -0.39 is 0 Å². The first-order valence-electron chi connectivity index (χ1n) is 7.66. The maximum Gasteiger partial charge on any atom is 0.239 e. The molecule has 1 aromatic rings. The largest absolute Gasteiger partial charge is 0.476 e. The van der Waals surface area contributed by atoms with Crippen LogP contribution >= 0.6 is 0 Å². The number of hydrogen-bond donors (Lipinski definition) is 2. The third-order valence-corrected chi connectivity index (χ3v) is 2.88. The highest BCUT2D eigenvalue weighted by Crippen LogP contribution is 2.30. The van der Waals surface area contributed by atoms with E-state index in [2.05, 4.69) is 58.8 Å². The lowest BCUT2D eigenvalue weighted by molar-refractivity contribution is 0.262. The van der Waals surface area contributed by atoms with Crippen LogP contribution < -0.4 is 15.8 Å². The maximum absolute atomic E-state index is 5.93. The summed E-state index contributed by atoms with van der Waals surface area (Å²) in [5, 5.41) is 3.48. The van der Waals surface area contributed by atoms with Gasteiger partial charge in [0.15, 0.2) is 0 Å². The van der Waals surface area contributed by atoms with Crippen LogP contribution in [0.4, 0.5) is 11.5 Å². The SMILES string of the molecule is CC(C)COc1nc(NC(C)(C)CC(C)(C)C)ccc1N. The summed E-state index contributed by atoms with van der Waals surface area (Å²) >= 11 is 0. The summed E-state index contributed by atoms with van der Waals surface area (Å²) in [7, 11) is 0. The molecule has 0 spiro atoms. The standard InChI is InChI=1S/C17H31N3O/c1-12(2)10-21-15-13(18)8-9-14(19-15)20-17(6,7)11-16(3,4)5/h8-9,12H,10-11,18H2,1-7H3,(H,19,20). The van der Waals surface area contributed by atoms with E-state index in [9.17, 15) is 0 Å². The molecule has 0 aromatic carbocycles. The Morgan fingerprint density at radius 1 is 1.19 bits per heavy atom. The highest BCUT2D eigenvalue weighted by molar-refractivity contribution is 5.54. The van der Waals surface area contributed by atoms with Gasteiger partial charge in [-0.15, -0.1) is 0 Å². The zero-order chi connectivity index (χ0) is 16.3. The molecule has 0 saturated heterocycles. The summed E-state index contributed by atoms with van der Waals surface area (Å²) in [6.07, 6.45) is 1.04. The van der Waals surface area contributed by atoms with E-state index in [4.69, 9.17) is 10.5 Å². The Bertz CT molecular complexity index is 462. The molecule has 120 valence electrons. The Hall–Kier alpha value is -1.45. The molecule has 0 aliphatic carbocycles. The van der Waals surface area contributed by atoms with Gasteiger partial charge < -0.3 is 15.8 Å². The zero-order valence-corrected chi connectivity index (χ0v) is 14.6. The zero-order valence-electron chi connectivity index (χ0n) is 14.6. The summed E-state index contributed by atoms with van der Waals surface area (Å²) in [4.78, 5) is 4.50. The fourth-order valence-electron chi connectivity index (χ4n) is 2.60. The Balaban J connectivity index is 2.82. The van der Waals surface area contributed by atoms with Crippen molar-refractivity contribution in [3.63, 3.8) is 0 Å². The molecule has 3 N–H and O–H groups in total. The molecule has 1 rings (SSSR count). The van der Waals surface area contributed by atoms with Crippen molar-refractivity contribution in [2.24, 2.45) is 11.3 Å². The van der Waals surface area contributed by atoms with Crippen molar-refractivity contribution in [2.45, 2.75) is 60.4 Å². The van der Waals surface area contributed by atoms with Crippen molar-refractivity contribution < 1.29 is 4.74 Å². The molecule has 0 bridgehead atoms. The lowest BCUT2D eigenvalue weighted by Gasteiger charge is -2.33. The minimum atomic E-state index is -0.0450. The molecule has 0 saturated carbocycles. The Morgan fingerprint density at radius 3 is 2.33 bits per heavy atom. The number of rotatable bonds is 6. The highest BCUT2D eigenvalue weighted by Gasteiger charge is 2.25. The third-order valence-electron chi connectivity index (χ3n) is 2.88. The Labute approximate surface area is 129 Å². The normalized spacial score (nSPS) is 12.6. The fourth-order valence-corrected chi connectivity index (χ4v) is 2.60. The van der Waals surface area contributed by atoms with Gasteiger partial charge in [0.25, 0.3) is 0 Å². The fraction of sp³-hybridized carbons (Fsp3) is 0.706. The Morgan fingerprint density at radius 2 is 1.81 bits per heavy atom. The van der Waals surface area contributed by atoms with Gasteiger partial charge in [0.05, 0.1) is 12.3 Å². The summed E-state index contributed by atoms with van der Waals surface area (Å²) < 4.78 is 5.68. The number of anilines is 2. The average molecular weight is 293 g/mol. The predicted octanol–water partition coefficient (Wildman–Crippen LogP) is 4.33. The number of nitrogens with zero attached hydrogens (tertiary/aromatic N) is 1. The Kier molecular flexibility index (Phi) is 5.48. The van der Waals surface area contributed by atoms with Gasteiger partial charge in [0.2, 0.25) is 5.88 Å². The molecule has 0 unspecified atom stereocenters. The summed E-state index contributed by atoms with van der Waals surface area (Å²) in [5.41, 5.74) is 6.71. The van der Waals surface area contributed by atoms with E-state index in [1.165, 1.54) is 0 Å². The van der Waals surface area contributed by atoms with E-state index >= 15 is 0 Å². The average Bonchev–Trinajstić information content (AvgIpc) is 2.26. The van der Waals surface area contributed by atoms with Gasteiger partial charge in [-0.2, -0.15) is 4.98 Å². The van der Waals surface area contributed by atoms with Crippen LogP contribution in [0.3, 0.4) is 0 Å². The number of nitrogens with one attached hydrogen (secondary N) is 1. The van der Waals surface area contributed by atoms with Gasteiger partial charge in [-0.1, -0.05) is 34.6 Å². The molecular formula is C17H31N3O. The molecular weight excluding hydrogens is 262 g/mol. The first kappa shape index (κ1) is 17.6. The minimum Gasteiger partial charge on any atom is -0.476 e. The van der Waals surface area contributed by atoms with Crippen molar-refractivity contribution in [1.29, 1.82) is 0 Å². The smallest absolute Gasteiger partial charge is 0.239 e. The van der Waals surface area contributed by atoms with Crippen molar-refractivity contribution in [3.8, 4) is 5.88 Å². The van der Waals surface area contributed by atoms with Crippen LogP contribution in [-0.4, -0.2) is 17.1 Å². The number of hydrogen-bond acceptors (Lipinski definition) is 4. The molecule has 0 aliphatic heterocycles. The van der Waals surface area contributed by atoms with E-state index in [-0.39, 0.29) is 11.0 Å². The van der Waals surface area contributed by atoms with Crippen molar-refractivity contribution in [2.75, 3.05) is 17.7 Å². The van der Waals surface area contributed by atoms with Crippen LogP contribution in [0.25, 0.3) is 0 Å². The van der Waals surface area contributed by atoms with Crippen LogP contribution in [0.1, 0.15) is 54.9 Å². The molecule has 0 amide bonds. The lowest BCUT2D eigenvalue weighted by Crippen LogP contribution is -2.35. The topological polar surface area (TPSA) is 60.2 Å². The minimum absolute atomic E-state index is 0.0450. The van der Waals surface area contributed by atoms with Crippen LogP contribution in [0.15, 0.2) is 12.1 Å². The molecule has 1 heterocycles. The third kappa shape index (κ3) is 6.69. The van der Waals surface area contributed by atoms with Gasteiger partial charge in [-0.25, -0.2) is 0 Å². The first-order chi connectivity index (χ1) is 9.48. The molecule has 21 heavy (non-hydrogen) atoms. The number of pyridine rings is 1. The summed E-state index contributed by atoms with van der Waals surface area (Å²) in [6.45, 7) is 15.9. The molecule has 4 heteroatoms. The van der Waals surface area contributed by atoms with Crippen LogP contribution in [0.2, 0.25) is 0 Å². The van der Waals surface area contributed by atoms with Crippen molar-refractivity contribution in [1.82, 2.24) is 4.98 Å². The van der Waals surface area contributed by atoms with Gasteiger partial charge >= 0.3 is 0 Å². The van der Waals surface area contributed by atoms with E-state index in [1.807, 2.05) is 12.1 Å².